The van der Waals surface area contributed by atoms with E-state index in [9.17, 15) is 8.78 Å². The number of likely N-dealkylation sites (tertiary alicyclic amines) is 1. The minimum atomic E-state index is -0.361. The number of alkyl halides is 1. The van der Waals surface area contributed by atoms with Crippen LogP contribution >= 0.6 is 11.6 Å². The van der Waals surface area contributed by atoms with E-state index in [1.807, 2.05) is 30.3 Å². The summed E-state index contributed by atoms with van der Waals surface area (Å²) in [5.74, 6) is 0.600. The first-order valence-electron chi connectivity index (χ1n) is 12.2. The molecule has 0 aliphatic carbocycles. The Morgan fingerprint density at radius 1 is 1.08 bits per heavy atom. The van der Waals surface area contributed by atoms with Crippen LogP contribution < -0.4 is 4.74 Å². The van der Waals surface area contributed by atoms with Crippen molar-refractivity contribution in [2.75, 3.05) is 32.9 Å². The normalized spacial score (nSPS) is 15.1. The van der Waals surface area contributed by atoms with Gasteiger partial charge >= 0.3 is 0 Å². The maximum atomic E-state index is 13.8. The number of hydrogen-bond donors (Lipinski definition) is 1. The number of rotatable bonds is 9. The average Bonchev–Trinajstić information content (AvgIpc) is 3.33. The molecule has 4 nitrogen and oxygen atoms in total. The lowest BCUT2D eigenvalue weighted by molar-refractivity contribution is 0.0668. The zero-order chi connectivity index (χ0) is 25.1. The summed E-state index contributed by atoms with van der Waals surface area (Å²) in [5.41, 5.74) is 5.85. The molecule has 5 rings (SSSR count). The minimum absolute atomic E-state index is 0.179. The van der Waals surface area contributed by atoms with Gasteiger partial charge in [0, 0.05) is 30.9 Å². The van der Waals surface area contributed by atoms with Crippen LogP contribution in [0.2, 0.25) is 5.02 Å². The maximum Gasteiger partial charge on any atom is 0.124 e. The van der Waals surface area contributed by atoms with Gasteiger partial charge < -0.3 is 4.74 Å². The number of H-pyrrole nitrogens is 1. The lowest BCUT2D eigenvalue weighted by atomic mass is 9.87. The zero-order valence-corrected chi connectivity index (χ0v) is 20.9. The molecule has 1 aliphatic heterocycles. The molecule has 0 amide bonds. The molecule has 0 bridgehead atoms. The summed E-state index contributed by atoms with van der Waals surface area (Å²) in [4.78, 5) is 2.20. The Balaban J connectivity index is 1.47. The largest absolute Gasteiger partial charge is 0.492 e. The van der Waals surface area contributed by atoms with Gasteiger partial charge in [0.2, 0.25) is 0 Å². The molecule has 1 N–H and O–H groups in total. The number of nitrogens with one attached hydrogen (secondary N) is 1. The number of fused-ring (bicyclic) bond motifs is 1. The summed E-state index contributed by atoms with van der Waals surface area (Å²) in [5, 5.41) is 8.54. The Morgan fingerprint density at radius 3 is 2.58 bits per heavy atom. The molecule has 0 radical (unpaired) electrons. The highest BCUT2D eigenvalue weighted by Crippen LogP contribution is 2.38. The lowest BCUT2D eigenvalue weighted by Crippen LogP contribution is -2.49. The molecule has 1 aromatic heterocycles. The van der Waals surface area contributed by atoms with Crippen molar-refractivity contribution in [3.8, 4) is 5.75 Å². The fourth-order valence-electron chi connectivity index (χ4n) is 4.82. The van der Waals surface area contributed by atoms with Crippen LogP contribution in [0.4, 0.5) is 8.78 Å². The monoisotopic (exact) mass is 507 g/mol. The highest BCUT2D eigenvalue weighted by atomic mass is 35.5. The fraction of sp³-hybridized carbons (Fsp3) is 0.276. The third-order valence-electron chi connectivity index (χ3n) is 6.71. The van der Waals surface area contributed by atoms with Crippen LogP contribution in [0, 0.1) is 11.7 Å². The fourth-order valence-corrected chi connectivity index (χ4v) is 5.10. The number of halogens is 3. The molecule has 0 unspecified atom stereocenters. The average molecular weight is 508 g/mol. The van der Waals surface area contributed by atoms with Crippen molar-refractivity contribution in [2.24, 2.45) is 5.92 Å². The van der Waals surface area contributed by atoms with Gasteiger partial charge in [-0.15, -0.1) is 0 Å². The first-order chi connectivity index (χ1) is 17.6. The van der Waals surface area contributed by atoms with Crippen molar-refractivity contribution >= 4 is 33.7 Å². The van der Waals surface area contributed by atoms with Crippen molar-refractivity contribution in [1.29, 1.82) is 0 Å². The van der Waals surface area contributed by atoms with E-state index in [4.69, 9.17) is 16.3 Å². The van der Waals surface area contributed by atoms with E-state index in [0.29, 0.717) is 18.1 Å². The summed E-state index contributed by atoms with van der Waals surface area (Å²) in [6.45, 7) is 4.79. The Labute approximate surface area is 214 Å². The zero-order valence-electron chi connectivity index (χ0n) is 20.1. The van der Waals surface area contributed by atoms with Crippen LogP contribution in [0.5, 0.6) is 5.75 Å². The first-order valence-corrected chi connectivity index (χ1v) is 12.6. The molecule has 4 aromatic rings. The van der Waals surface area contributed by atoms with Crippen molar-refractivity contribution < 1.29 is 13.5 Å². The number of hydrogen-bond acceptors (Lipinski definition) is 3. The van der Waals surface area contributed by atoms with Crippen LogP contribution in [0.25, 0.3) is 22.0 Å². The molecule has 3 aromatic carbocycles. The molecule has 1 fully saturated rings. The van der Waals surface area contributed by atoms with Gasteiger partial charge in [0.15, 0.2) is 0 Å². The molecular weight excluding hydrogens is 480 g/mol. The second kappa shape index (κ2) is 10.8. The van der Waals surface area contributed by atoms with Crippen molar-refractivity contribution in [2.45, 2.75) is 13.3 Å². The molecule has 186 valence electrons. The van der Waals surface area contributed by atoms with Crippen LogP contribution in [0.3, 0.4) is 0 Å². The van der Waals surface area contributed by atoms with Gasteiger partial charge in [-0.25, -0.2) is 4.39 Å². The minimum Gasteiger partial charge on any atom is -0.492 e. The van der Waals surface area contributed by atoms with Crippen LogP contribution in [0.15, 0.2) is 66.9 Å². The van der Waals surface area contributed by atoms with Crippen molar-refractivity contribution in [3.05, 3.63) is 94.4 Å². The number of allylic oxidation sites excluding steroid dienone is 1. The van der Waals surface area contributed by atoms with E-state index >= 15 is 0 Å². The third kappa shape index (κ3) is 5.15. The molecule has 7 heteroatoms. The summed E-state index contributed by atoms with van der Waals surface area (Å²) >= 11 is 6.51. The number of aromatic nitrogens is 2. The third-order valence-corrected chi connectivity index (χ3v) is 7.02. The molecule has 0 saturated carbocycles. The molecule has 2 heterocycles. The SMILES string of the molecule is CC/C(=C(/c1ccc(OCCN2CC(CF)C2)cc1)c1ccc2[nH]ncc2c1)c1ccc(F)cc1Cl. The number of ether oxygens (including phenoxy) is 1. The van der Waals surface area contributed by atoms with E-state index in [0.717, 1.165) is 64.1 Å². The van der Waals surface area contributed by atoms with Gasteiger partial charge in [-0.3, -0.25) is 14.4 Å². The van der Waals surface area contributed by atoms with Crippen molar-refractivity contribution in [3.63, 3.8) is 0 Å². The summed E-state index contributed by atoms with van der Waals surface area (Å²) in [6.07, 6.45) is 2.51. The lowest BCUT2D eigenvalue weighted by Gasteiger charge is -2.37. The van der Waals surface area contributed by atoms with E-state index in [1.165, 1.54) is 12.1 Å². The van der Waals surface area contributed by atoms with E-state index in [1.54, 1.807) is 12.3 Å². The number of aromatic amines is 1. The van der Waals surface area contributed by atoms with Gasteiger partial charge in [0.1, 0.15) is 18.2 Å². The quantitative estimate of drug-likeness (QED) is 0.248. The van der Waals surface area contributed by atoms with Crippen LogP contribution in [0.1, 0.15) is 30.0 Å². The molecule has 0 atom stereocenters. The second-order valence-electron chi connectivity index (χ2n) is 9.16. The molecule has 1 aliphatic rings. The summed E-state index contributed by atoms with van der Waals surface area (Å²) in [6, 6.07) is 18.7. The molecule has 36 heavy (non-hydrogen) atoms. The topological polar surface area (TPSA) is 41.1 Å². The number of nitrogens with zero attached hydrogens (tertiary/aromatic N) is 2. The number of benzene rings is 3. The highest BCUT2D eigenvalue weighted by Gasteiger charge is 2.25. The maximum absolute atomic E-state index is 13.8. The molecule has 1 saturated heterocycles. The van der Waals surface area contributed by atoms with Gasteiger partial charge in [-0.2, -0.15) is 5.10 Å². The molecular formula is C29H28ClF2N3O. The van der Waals surface area contributed by atoms with Crippen LogP contribution in [-0.2, 0) is 0 Å². The van der Waals surface area contributed by atoms with Gasteiger partial charge in [-0.1, -0.05) is 42.8 Å². The highest BCUT2D eigenvalue weighted by molar-refractivity contribution is 6.32. The smallest absolute Gasteiger partial charge is 0.124 e. The van der Waals surface area contributed by atoms with Gasteiger partial charge in [0.25, 0.3) is 0 Å². The predicted molar refractivity (Wildman–Crippen MR) is 142 cm³/mol. The first kappa shape index (κ1) is 24.5. The van der Waals surface area contributed by atoms with Gasteiger partial charge in [-0.05, 0) is 70.7 Å². The Morgan fingerprint density at radius 2 is 1.86 bits per heavy atom. The standard InChI is InChI=1S/C29H28ClF2N3O/c1-2-25(26-9-6-23(32)14-27(26)30)29(21-5-10-28-22(13-21)16-33-34-28)20-3-7-24(8-4-20)36-12-11-35-17-19(15-31)18-35/h3-10,13-14,16,19H,2,11-12,15,17-18H2,1H3,(H,33,34)/b29-25+. The van der Waals surface area contributed by atoms with E-state index < -0.39 is 0 Å². The summed E-state index contributed by atoms with van der Waals surface area (Å²) < 4.78 is 32.4. The van der Waals surface area contributed by atoms with E-state index in [2.05, 4.69) is 34.2 Å². The van der Waals surface area contributed by atoms with Crippen LogP contribution in [-0.4, -0.2) is 48.0 Å². The van der Waals surface area contributed by atoms with E-state index in [-0.39, 0.29) is 18.4 Å². The van der Waals surface area contributed by atoms with Gasteiger partial charge in [0.05, 0.1) is 23.4 Å². The predicted octanol–water partition coefficient (Wildman–Crippen LogP) is 7.00. The second-order valence-corrected chi connectivity index (χ2v) is 9.56. The summed E-state index contributed by atoms with van der Waals surface area (Å²) in [7, 11) is 0. The Bertz CT molecular complexity index is 1380. The Hall–Kier alpha value is -3.22. The van der Waals surface area contributed by atoms with Crippen molar-refractivity contribution in [1.82, 2.24) is 15.1 Å². The molecule has 0 spiro atoms. The Kier molecular flexibility index (Phi) is 7.35.